The van der Waals surface area contributed by atoms with Gasteiger partial charge in [-0.3, -0.25) is 10.1 Å². The van der Waals surface area contributed by atoms with Crippen molar-refractivity contribution in [2.24, 2.45) is 0 Å². The number of nitro groups is 1. The number of hydrogen-bond acceptors (Lipinski definition) is 2. The Labute approximate surface area is 53.8 Å². The molecule has 1 atom stereocenters. The summed E-state index contributed by atoms with van der Waals surface area (Å²) in [5.74, 6) is 0. The highest BCUT2D eigenvalue weighted by atomic mass is 16.6. The van der Waals surface area contributed by atoms with E-state index < -0.39 is 11.0 Å². The first kappa shape index (κ1) is 7.88. The van der Waals surface area contributed by atoms with Crippen LogP contribution in [0.2, 0.25) is 0 Å². The fraction of sp³-hybridized carbons (Fsp3) is 0.333. The van der Waals surface area contributed by atoms with Crippen molar-refractivity contribution in [3.63, 3.8) is 0 Å². The molecule has 0 bridgehead atoms. The molecule has 0 fully saturated rings. The normalized spacial score (nSPS) is 12.1. The van der Waals surface area contributed by atoms with Gasteiger partial charge in [-0.2, -0.15) is 0 Å². The summed E-state index contributed by atoms with van der Waals surface area (Å²) in [7, 11) is 0. The van der Waals surface area contributed by atoms with Gasteiger partial charge in [0.1, 0.15) is 0 Å². The van der Waals surface area contributed by atoms with Gasteiger partial charge in [0.15, 0.2) is 0 Å². The summed E-state index contributed by atoms with van der Waals surface area (Å²) in [6, 6.07) is -0.787. The Balaban J connectivity index is 4.16. The Morgan fingerprint density at radius 2 is 2.33 bits per heavy atom. The van der Waals surface area contributed by atoms with E-state index in [1.165, 1.54) is 6.08 Å². The summed E-state index contributed by atoms with van der Waals surface area (Å²) >= 11 is 0. The van der Waals surface area contributed by atoms with Crippen LogP contribution in [0.15, 0.2) is 24.8 Å². The fourth-order valence-corrected chi connectivity index (χ4v) is 0.467. The molecule has 0 heterocycles. The molecule has 0 amide bonds. The summed E-state index contributed by atoms with van der Waals surface area (Å²) in [5.41, 5.74) is 0.509. The van der Waals surface area contributed by atoms with E-state index >= 15 is 0 Å². The second kappa shape index (κ2) is 3.02. The van der Waals surface area contributed by atoms with Crippen LogP contribution in [0, 0.1) is 10.1 Å². The largest absolute Gasteiger partial charge is 0.264 e. The van der Waals surface area contributed by atoms with E-state index in [1.54, 1.807) is 6.92 Å². The zero-order chi connectivity index (χ0) is 7.44. The summed E-state index contributed by atoms with van der Waals surface area (Å²) < 4.78 is 0. The number of hydrogen-bond donors (Lipinski definition) is 0. The molecule has 0 aliphatic rings. The van der Waals surface area contributed by atoms with Crippen molar-refractivity contribution in [1.82, 2.24) is 0 Å². The molecule has 0 saturated heterocycles. The molecule has 0 radical (unpaired) electrons. The zero-order valence-corrected chi connectivity index (χ0v) is 5.33. The molecule has 3 heteroatoms. The van der Waals surface area contributed by atoms with Gasteiger partial charge >= 0.3 is 0 Å². The molecular formula is C6H9NO2. The van der Waals surface area contributed by atoms with Gasteiger partial charge in [0.05, 0.1) is 0 Å². The van der Waals surface area contributed by atoms with Crippen LogP contribution >= 0.6 is 0 Å². The average Bonchev–Trinajstić information content (AvgIpc) is 1.64. The van der Waals surface area contributed by atoms with E-state index in [9.17, 15) is 10.1 Å². The maximum atomic E-state index is 10.0. The molecule has 0 spiro atoms. The van der Waals surface area contributed by atoms with Crippen LogP contribution in [0.1, 0.15) is 6.92 Å². The lowest BCUT2D eigenvalue weighted by Gasteiger charge is -2.00. The second-order valence-corrected chi connectivity index (χ2v) is 1.81. The molecule has 0 aromatic carbocycles. The predicted octanol–water partition coefficient (Wildman–Crippen LogP) is 1.39. The predicted molar refractivity (Wildman–Crippen MR) is 35.8 cm³/mol. The molecule has 50 valence electrons. The van der Waals surface area contributed by atoms with E-state index in [2.05, 4.69) is 13.2 Å². The lowest BCUT2D eigenvalue weighted by molar-refractivity contribution is -0.499. The van der Waals surface area contributed by atoms with Crippen LogP contribution in [0.25, 0.3) is 0 Å². The minimum Gasteiger partial charge on any atom is -0.264 e. The highest BCUT2D eigenvalue weighted by molar-refractivity contribution is 5.05. The van der Waals surface area contributed by atoms with Gasteiger partial charge in [-0.05, 0) is 18.6 Å². The Hall–Kier alpha value is -1.12. The van der Waals surface area contributed by atoms with Gasteiger partial charge in [-0.15, -0.1) is 0 Å². The fourth-order valence-electron chi connectivity index (χ4n) is 0.467. The zero-order valence-electron chi connectivity index (χ0n) is 5.33. The summed E-state index contributed by atoms with van der Waals surface area (Å²) in [4.78, 5) is 9.62. The minimum atomic E-state index is -0.787. The van der Waals surface area contributed by atoms with Gasteiger partial charge in [0, 0.05) is 4.92 Å². The first-order chi connectivity index (χ1) is 4.09. The van der Waals surface area contributed by atoms with Crippen LogP contribution in [0.5, 0.6) is 0 Å². The van der Waals surface area contributed by atoms with Crippen molar-refractivity contribution >= 4 is 0 Å². The molecule has 0 aromatic heterocycles. The van der Waals surface area contributed by atoms with E-state index in [0.717, 1.165) is 0 Å². The van der Waals surface area contributed by atoms with Crippen LogP contribution in [-0.4, -0.2) is 11.0 Å². The minimum absolute atomic E-state index is 0.421. The molecule has 0 aliphatic heterocycles. The van der Waals surface area contributed by atoms with Crippen LogP contribution in [0.3, 0.4) is 0 Å². The lowest BCUT2D eigenvalue weighted by atomic mass is 10.2. The third-order valence-corrected chi connectivity index (χ3v) is 0.955. The van der Waals surface area contributed by atoms with Crippen molar-refractivity contribution in [2.45, 2.75) is 13.0 Å². The molecule has 0 rings (SSSR count). The second-order valence-electron chi connectivity index (χ2n) is 1.81. The smallest absolute Gasteiger partial charge is 0.251 e. The van der Waals surface area contributed by atoms with Crippen LogP contribution < -0.4 is 0 Å². The number of nitrogens with zero attached hydrogens (tertiary/aromatic N) is 1. The average molecular weight is 127 g/mol. The molecular weight excluding hydrogens is 118 g/mol. The first-order valence-corrected chi connectivity index (χ1v) is 2.51. The van der Waals surface area contributed by atoms with Crippen LogP contribution in [-0.2, 0) is 0 Å². The molecule has 0 saturated carbocycles. The van der Waals surface area contributed by atoms with Gasteiger partial charge in [0.2, 0.25) is 0 Å². The van der Waals surface area contributed by atoms with E-state index in [1.807, 2.05) is 0 Å². The third kappa shape index (κ3) is 2.08. The van der Waals surface area contributed by atoms with E-state index in [-0.39, 0.29) is 0 Å². The van der Waals surface area contributed by atoms with Gasteiger partial charge in [-0.1, -0.05) is 13.2 Å². The maximum absolute atomic E-state index is 10.0. The van der Waals surface area contributed by atoms with Crippen molar-refractivity contribution < 1.29 is 4.92 Å². The first-order valence-electron chi connectivity index (χ1n) is 2.51. The number of rotatable bonds is 3. The summed E-state index contributed by atoms with van der Waals surface area (Å²) in [6.45, 7) is 8.34. The Morgan fingerprint density at radius 1 is 1.89 bits per heavy atom. The molecule has 9 heavy (non-hydrogen) atoms. The quantitative estimate of drug-likeness (QED) is 0.326. The van der Waals surface area contributed by atoms with Crippen molar-refractivity contribution in [3.05, 3.63) is 34.9 Å². The third-order valence-electron chi connectivity index (χ3n) is 0.955. The molecule has 0 N–H and O–H groups in total. The highest BCUT2D eigenvalue weighted by Crippen LogP contribution is 2.01. The standard InChI is InChI=1S/C6H9NO2/c1-4-6(5(2)3)7(8)9/h4,6H,1-2H2,3H3. The van der Waals surface area contributed by atoms with Crippen molar-refractivity contribution in [3.8, 4) is 0 Å². The lowest BCUT2D eigenvalue weighted by Crippen LogP contribution is -2.16. The van der Waals surface area contributed by atoms with E-state index in [0.29, 0.717) is 5.57 Å². The van der Waals surface area contributed by atoms with Crippen LogP contribution in [0.4, 0.5) is 0 Å². The van der Waals surface area contributed by atoms with E-state index in [4.69, 9.17) is 0 Å². The summed E-state index contributed by atoms with van der Waals surface area (Å²) in [5, 5.41) is 10.0. The summed E-state index contributed by atoms with van der Waals surface area (Å²) in [6.07, 6.45) is 1.27. The molecule has 3 nitrogen and oxygen atoms in total. The van der Waals surface area contributed by atoms with Gasteiger partial charge in [-0.25, -0.2) is 0 Å². The maximum Gasteiger partial charge on any atom is 0.251 e. The highest BCUT2D eigenvalue weighted by Gasteiger charge is 2.14. The Morgan fingerprint density at radius 3 is 2.33 bits per heavy atom. The van der Waals surface area contributed by atoms with Gasteiger partial charge in [0.25, 0.3) is 6.04 Å². The Bertz CT molecular complexity index is 137. The molecule has 1 unspecified atom stereocenters. The SMILES string of the molecule is C=CC(C(=C)C)[N+](=O)[O-]. The Kier molecular flexibility index (Phi) is 2.64. The van der Waals surface area contributed by atoms with Crippen molar-refractivity contribution in [1.29, 1.82) is 0 Å². The van der Waals surface area contributed by atoms with Crippen molar-refractivity contribution in [2.75, 3.05) is 0 Å². The molecule has 0 aliphatic carbocycles. The topological polar surface area (TPSA) is 43.1 Å². The molecule has 0 aromatic rings. The monoisotopic (exact) mass is 127 g/mol. The van der Waals surface area contributed by atoms with Gasteiger partial charge < -0.3 is 0 Å².